The van der Waals surface area contributed by atoms with Crippen LogP contribution in [0.5, 0.6) is 0 Å². The molecule has 1 heterocycles. The average Bonchev–Trinajstić information content (AvgIpc) is 3.14. The molecule has 0 spiro atoms. The van der Waals surface area contributed by atoms with Crippen LogP contribution >= 0.6 is 11.8 Å². The highest BCUT2D eigenvalue weighted by Gasteiger charge is 2.16. The third-order valence-corrected chi connectivity index (χ3v) is 6.11. The summed E-state index contributed by atoms with van der Waals surface area (Å²) < 4.78 is 7.14. The molecule has 0 unspecified atom stereocenters. The number of aromatic nitrogens is 2. The first-order valence-electron chi connectivity index (χ1n) is 10.7. The summed E-state index contributed by atoms with van der Waals surface area (Å²) in [5.41, 5.74) is 5.35. The van der Waals surface area contributed by atoms with Crippen molar-refractivity contribution in [3.05, 3.63) is 53.1 Å². The molecular formula is C24H29N3O3S. The van der Waals surface area contributed by atoms with E-state index in [2.05, 4.69) is 40.8 Å². The molecule has 6 nitrogen and oxygen atoms in total. The summed E-state index contributed by atoms with van der Waals surface area (Å²) in [6, 6.07) is 11.5. The molecule has 0 bridgehead atoms. The third kappa shape index (κ3) is 5.10. The molecule has 1 amide bonds. The minimum absolute atomic E-state index is 0.0532. The highest BCUT2D eigenvalue weighted by molar-refractivity contribution is 7.99. The Balaban J connectivity index is 1.77. The van der Waals surface area contributed by atoms with Gasteiger partial charge in [-0.15, -0.1) is 0 Å². The van der Waals surface area contributed by atoms with Crippen LogP contribution in [0.25, 0.3) is 11.0 Å². The van der Waals surface area contributed by atoms with Crippen molar-refractivity contribution >= 4 is 40.4 Å². The second-order valence-electron chi connectivity index (χ2n) is 7.06. The van der Waals surface area contributed by atoms with Gasteiger partial charge in [-0.25, -0.2) is 9.78 Å². The van der Waals surface area contributed by atoms with E-state index in [-0.39, 0.29) is 17.6 Å². The number of rotatable bonds is 9. The second kappa shape index (κ2) is 10.5. The van der Waals surface area contributed by atoms with Gasteiger partial charge in [0.05, 0.1) is 29.0 Å². The number of amides is 1. The number of thioether (sulfide) groups is 1. The van der Waals surface area contributed by atoms with Gasteiger partial charge in [0, 0.05) is 12.2 Å². The topological polar surface area (TPSA) is 73.2 Å². The molecule has 1 aromatic heterocycles. The first-order chi connectivity index (χ1) is 15.0. The molecule has 0 fully saturated rings. The van der Waals surface area contributed by atoms with Crippen LogP contribution in [0.15, 0.2) is 41.6 Å². The Morgan fingerprint density at radius 1 is 1.06 bits per heavy atom. The molecule has 0 aliphatic heterocycles. The van der Waals surface area contributed by atoms with E-state index >= 15 is 0 Å². The van der Waals surface area contributed by atoms with Crippen LogP contribution in [0, 0.1) is 0 Å². The molecule has 7 heteroatoms. The number of carbonyl (C=O) groups is 2. The van der Waals surface area contributed by atoms with Crippen LogP contribution in [-0.2, 0) is 28.9 Å². The summed E-state index contributed by atoms with van der Waals surface area (Å²) in [6.07, 6.45) is 1.73. The van der Waals surface area contributed by atoms with Crippen LogP contribution in [0.2, 0.25) is 0 Å². The van der Waals surface area contributed by atoms with Gasteiger partial charge in [0.25, 0.3) is 0 Å². The number of carbonyl (C=O) groups excluding carboxylic acids is 2. The van der Waals surface area contributed by atoms with Crippen LogP contribution < -0.4 is 5.32 Å². The van der Waals surface area contributed by atoms with E-state index in [0.29, 0.717) is 12.2 Å². The minimum Gasteiger partial charge on any atom is -0.462 e. The Kier molecular flexibility index (Phi) is 7.74. The first kappa shape index (κ1) is 22.9. The Bertz CT molecular complexity index is 1070. The number of nitrogens with one attached hydrogen (secondary N) is 1. The van der Waals surface area contributed by atoms with Crippen molar-refractivity contribution in [2.45, 2.75) is 52.2 Å². The molecule has 0 radical (unpaired) electrons. The maximum Gasteiger partial charge on any atom is 0.338 e. The standard InChI is InChI=1S/C24H29N3O3S/c1-5-16-10-9-11-17(6-2)22(16)26-21(28)15-31-24-25-19-14-18(23(29)30-8-4)12-13-20(19)27(24)7-3/h9-14H,5-8,15H2,1-4H3,(H,26,28). The Labute approximate surface area is 187 Å². The Morgan fingerprint density at radius 3 is 2.39 bits per heavy atom. The molecule has 0 atom stereocenters. The van der Waals surface area contributed by atoms with E-state index in [1.165, 1.54) is 11.8 Å². The zero-order valence-electron chi connectivity index (χ0n) is 18.5. The van der Waals surface area contributed by atoms with E-state index in [0.717, 1.165) is 52.4 Å². The van der Waals surface area contributed by atoms with Gasteiger partial charge in [-0.05, 0) is 56.0 Å². The first-order valence-corrected chi connectivity index (χ1v) is 11.7. The van der Waals surface area contributed by atoms with Gasteiger partial charge in [-0.1, -0.05) is 43.8 Å². The number of fused-ring (bicyclic) bond motifs is 1. The van der Waals surface area contributed by atoms with E-state index in [1.54, 1.807) is 19.1 Å². The number of nitrogens with zero attached hydrogens (tertiary/aromatic N) is 2. The normalized spacial score (nSPS) is 11.0. The quantitative estimate of drug-likeness (QED) is 0.371. The predicted molar refractivity (Wildman–Crippen MR) is 126 cm³/mol. The summed E-state index contributed by atoms with van der Waals surface area (Å²) in [6.45, 7) is 9.05. The number of para-hydroxylation sites is 1. The van der Waals surface area contributed by atoms with Gasteiger partial charge < -0.3 is 14.6 Å². The minimum atomic E-state index is -0.356. The monoisotopic (exact) mass is 439 g/mol. The summed E-state index contributed by atoms with van der Waals surface area (Å²) in [7, 11) is 0. The molecule has 0 aliphatic carbocycles. The number of anilines is 1. The summed E-state index contributed by atoms with van der Waals surface area (Å²) in [5.74, 6) is -0.150. The van der Waals surface area contributed by atoms with E-state index in [1.807, 2.05) is 19.1 Å². The predicted octanol–water partition coefficient (Wildman–Crippen LogP) is 5.09. The maximum absolute atomic E-state index is 12.7. The number of hydrogen-bond acceptors (Lipinski definition) is 5. The van der Waals surface area contributed by atoms with Crippen molar-refractivity contribution < 1.29 is 14.3 Å². The number of hydrogen-bond donors (Lipinski definition) is 1. The van der Waals surface area contributed by atoms with E-state index in [9.17, 15) is 9.59 Å². The highest BCUT2D eigenvalue weighted by Crippen LogP contribution is 2.27. The fraction of sp³-hybridized carbons (Fsp3) is 0.375. The van der Waals surface area contributed by atoms with Crippen LogP contribution in [0.1, 0.15) is 49.2 Å². The number of aryl methyl sites for hydroxylation is 3. The van der Waals surface area contributed by atoms with Crippen LogP contribution in [0.3, 0.4) is 0 Å². The van der Waals surface area contributed by atoms with E-state index in [4.69, 9.17) is 4.74 Å². The lowest BCUT2D eigenvalue weighted by molar-refractivity contribution is -0.113. The van der Waals surface area contributed by atoms with Crippen molar-refractivity contribution in [3.8, 4) is 0 Å². The van der Waals surface area contributed by atoms with Gasteiger partial charge in [0.2, 0.25) is 5.91 Å². The molecule has 0 aliphatic rings. The Hall–Kier alpha value is -2.80. The molecule has 2 aromatic carbocycles. The lowest BCUT2D eigenvalue weighted by Crippen LogP contribution is -2.17. The van der Waals surface area contributed by atoms with Crippen LogP contribution in [-0.4, -0.2) is 33.8 Å². The second-order valence-corrected chi connectivity index (χ2v) is 8.00. The average molecular weight is 440 g/mol. The van der Waals surface area contributed by atoms with Gasteiger partial charge in [0.15, 0.2) is 5.16 Å². The van der Waals surface area contributed by atoms with Gasteiger partial charge in [-0.3, -0.25) is 4.79 Å². The van der Waals surface area contributed by atoms with Crippen molar-refractivity contribution in [3.63, 3.8) is 0 Å². The fourth-order valence-electron chi connectivity index (χ4n) is 3.57. The largest absolute Gasteiger partial charge is 0.462 e. The molecule has 1 N–H and O–H groups in total. The fourth-order valence-corrected chi connectivity index (χ4v) is 4.45. The van der Waals surface area contributed by atoms with Gasteiger partial charge >= 0.3 is 5.97 Å². The lowest BCUT2D eigenvalue weighted by Gasteiger charge is -2.14. The molecule has 3 aromatic rings. The van der Waals surface area contributed by atoms with Gasteiger partial charge in [0.1, 0.15) is 0 Å². The lowest BCUT2D eigenvalue weighted by atomic mass is 10.0. The SMILES string of the molecule is CCOC(=O)c1ccc2c(c1)nc(SCC(=O)Nc1c(CC)cccc1CC)n2CC. The number of imidazole rings is 1. The third-order valence-electron chi connectivity index (χ3n) is 5.14. The van der Waals surface area contributed by atoms with Crippen molar-refractivity contribution in [1.29, 1.82) is 0 Å². The maximum atomic E-state index is 12.7. The van der Waals surface area contributed by atoms with Crippen LogP contribution in [0.4, 0.5) is 5.69 Å². The molecule has 164 valence electrons. The summed E-state index contributed by atoms with van der Waals surface area (Å²) in [5, 5.41) is 3.86. The van der Waals surface area contributed by atoms with E-state index < -0.39 is 0 Å². The number of esters is 1. The molecule has 0 saturated heterocycles. The molecule has 31 heavy (non-hydrogen) atoms. The van der Waals surface area contributed by atoms with Gasteiger partial charge in [-0.2, -0.15) is 0 Å². The molecular weight excluding hydrogens is 410 g/mol. The molecule has 0 saturated carbocycles. The van der Waals surface area contributed by atoms with Crippen molar-refractivity contribution in [2.75, 3.05) is 17.7 Å². The molecule has 3 rings (SSSR count). The number of ether oxygens (including phenoxy) is 1. The summed E-state index contributed by atoms with van der Waals surface area (Å²) >= 11 is 1.40. The zero-order chi connectivity index (χ0) is 22.4. The smallest absolute Gasteiger partial charge is 0.338 e. The number of benzene rings is 2. The van der Waals surface area contributed by atoms with Crippen molar-refractivity contribution in [1.82, 2.24) is 9.55 Å². The zero-order valence-corrected chi connectivity index (χ0v) is 19.3. The van der Waals surface area contributed by atoms with Crippen molar-refractivity contribution in [2.24, 2.45) is 0 Å². The Morgan fingerprint density at radius 2 is 1.77 bits per heavy atom. The summed E-state index contributed by atoms with van der Waals surface area (Å²) in [4.78, 5) is 29.4. The highest BCUT2D eigenvalue weighted by atomic mass is 32.2.